The number of fused-ring (bicyclic) bond motifs is 1. The van der Waals surface area contributed by atoms with Gasteiger partial charge in [0, 0.05) is 35.8 Å². The number of carbonyl (C=O) groups excluding carboxylic acids is 2. The van der Waals surface area contributed by atoms with Crippen LogP contribution in [0.25, 0.3) is 10.9 Å². The van der Waals surface area contributed by atoms with E-state index < -0.39 is 29.0 Å². The van der Waals surface area contributed by atoms with Crippen molar-refractivity contribution in [3.8, 4) is 5.75 Å². The summed E-state index contributed by atoms with van der Waals surface area (Å²) in [5.74, 6) is -0.181. The molecule has 0 spiro atoms. The molecule has 0 radical (unpaired) electrons. The highest BCUT2D eigenvalue weighted by Crippen LogP contribution is 2.49. The average molecular weight is 530 g/mol. The highest BCUT2D eigenvalue weighted by molar-refractivity contribution is 6.03. The minimum Gasteiger partial charge on any atom is -0.483 e. The summed E-state index contributed by atoms with van der Waals surface area (Å²) < 4.78 is 52.8. The highest BCUT2D eigenvalue weighted by Gasteiger charge is 2.47. The standard InChI is InChI=1S/C28H30F3N3O4/c1-26(2,3)38-25(36)34-15-17(16-34)24(35)33-23-14-32-22-10-9-18(13-19(22)23)37-27(11-6-12-27)20-7-4-5-8-21(20)28(29,30)31/h4-5,7-10,13-14,17,32H,6,11-12,15-16H2,1-3H3,(H,33,35). The molecule has 1 aliphatic heterocycles. The summed E-state index contributed by atoms with van der Waals surface area (Å²) in [5.41, 5.74) is -0.936. The zero-order chi connectivity index (χ0) is 27.3. The van der Waals surface area contributed by atoms with Crippen LogP contribution in [0.2, 0.25) is 0 Å². The largest absolute Gasteiger partial charge is 0.483 e. The first-order valence-electron chi connectivity index (χ1n) is 12.6. The molecule has 202 valence electrons. The Kier molecular flexibility index (Phi) is 6.31. The normalized spacial score (nSPS) is 17.5. The summed E-state index contributed by atoms with van der Waals surface area (Å²) in [4.78, 5) is 29.6. The SMILES string of the molecule is CC(C)(C)OC(=O)N1CC(C(=O)Nc2c[nH]c3ccc(OC4(c5ccccc5C(F)(F)F)CCC4)cc23)C1. The maximum absolute atomic E-state index is 13.7. The Labute approximate surface area is 218 Å². The highest BCUT2D eigenvalue weighted by atomic mass is 19.4. The van der Waals surface area contributed by atoms with E-state index in [1.807, 2.05) is 0 Å². The summed E-state index contributed by atoms with van der Waals surface area (Å²) >= 11 is 0. The van der Waals surface area contributed by atoms with E-state index in [0.717, 1.165) is 18.0 Å². The van der Waals surface area contributed by atoms with Crippen LogP contribution in [0.5, 0.6) is 5.75 Å². The first-order valence-corrected chi connectivity index (χ1v) is 12.6. The molecule has 1 saturated heterocycles. The summed E-state index contributed by atoms with van der Waals surface area (Å²) in [6.07, 6.45) is -1.55. The van der Waals surface area contributed by atoms with Gasteiger partial charge < -0.3 is 24.7 Å². The number of H-pyrrole nitrogens is 1. The van der Waals surface area contributed by atoms with Gasteiger partial charge in [0.25, 0.3) is 0 Å². The number of benzene rings is 2. The molecule has 2 fully saturated rings. The number of ether oxygens (including phenoxy) is 2. The van der Waals surface area contributed by atoms with E-state index in [9.17, 15) is 22.8 Å². The molecule has 2 aromatic carbocycles. The fourth-order valence-electron chi connectivity index (χ4n) is 4.90. The van der Waals surface area contributed by atoms with Crippen LogP contribution in [-0.2, 0) is 21.3 Å². The minimum absolute atomic E-state index is 0.140. The third-order valence-corrected chi connectivity index (χ3v) is 7.01. The molecule has 3 aromatic rings. The molecule has 1 aromatic heterocycles. The van der Waals surface area contributed by atoms with Crippen molar-refractivity contribution in [1.29, 1.82) is 0 Å². The van der Waals surface area contributed by atoms with Crippen molar-refractivity contribution < 1.29 is 32.2 Å². The van der Waals surface area contributed by atoms with E-state index in [-0.39, 0.29) is 30.5 Å². The lowest BCUT2D eigenvalue weighted by Crippen LogP contribution is -2.55. The number of nitrogens with zero attached hydrogens (tertiary/aromatic N) is 1. The number of alkyl halides is 3. The predicted octanol–water partition coefficient (Wildman–Crippen LogP) is 6.45. The Morgan fingerprint density at radius 2 is 1.79 bits per heavy atom. The van der Waals surface area contributed by atoms with Gasteiger partial charge in [0.15, 0.2) is 0 Å². The molecular weight excluding hydrogens is 499 g/mol. The van der Waals surface area contributed by atoms with E-state index in [4.69, 9.17) is 9.47 Å². The number of aromatic amines is 1. The maximum atomic E-state index is 13.7. The smallest absolute Gasteiger partial charge is 0.416 e. The molecule has 7 nitrogen and oxygen atoms in total. The van der Waals surface area contributed by atoms with Crippen molar-refractivity contribution in [2.24, 2.45) is 5.92 Å². The van der Waals surface area contributed by atoms with Gasteiger partial charge in [0.05, 0.1) is 17.2 Å². The number of hydrogen-bond donors (Lipinski definition) is 2. The summed E-state index contributed by atoms with van der Waals surface area (Å²) in [5, 5.41) is 3.58. The Bertz CT molecular complexity index is 1370. The molecule has 5 rings (SSSR count). The monoisotopic (exact) mass is 529 g/mol. The number of halogens is 3. The number of anilines is 1. The van der Waals surface area contributed by atoms with Crippen molar-refractivity contribution >= 4 is 28.6 Å². The van der Waals surface area contributed by atoms with Gasteiger partial charge >= 0.3 is 12.3 Å². The Morgan fingerprint density at radius 3 is 2.42 bits per heavy atom. The molecule has 10 heteroatoms. The number of nitrogens with one attached hydrogen (secondary N) is 2. The third-order valence-electron chi connectivity index (χ3n) is 7.01. The van der Waals surface area contributed by atoms with Gasteiger partial charge in [-0.3, -0.25) is 4.79 Å². The lowest BCUT2D eigenvalue weighted by atomic mass is 9.73. The Balaban J connectivity index is 1.31. The van der Waals surface area contributed by atoms with Gasteiger partial charge in [-0.15, -0.1) is 0 Å². The molecule has 2 N–H and O–H groups in total. The molecule has 2 heterocycles. The first-order chi connectivity index (χ1) is 17.8. The van der Waals surface area contributed by atoms with Crippen molar-refractivity contribution in [3.05, 3.63) is 59.8 Å². The quantitative estimate of drug-likeness (QED) is 0.398. The van der Waals surface area contributed by atoms with E-state index >= 15 is 0 Å². The van der Waals surface area contributed by atoms with Crippen LogP contribution in [0, 0.1) is 5.92 Å². The fourth-order valence-corrected chi connectivity index (χ4v) is 4.90. The first kappa shape index (κ1) is 25.9. The second-order valence-corrected chi connectivity index (χ2v) is 11.0. The number of rotatable bonds is 5. The number of amides is 2. The summed E-state index contributed by atoms with van der Waals surface area (Å²) in [7, 11) is 0. The topological polar surface area (TPSA) is 83.7 Å². The number of likely N-dealkylation sites (tertiary alicyclic amines) is 1. The van der Waals surface area contributed by atoms with Crippen molar-refractivity contribution in [2.45, 2.75) is 57.4 Å². The van der Waals surface area contributed by atoms with Crippen LogP contribution in [0.15, 0.2) is 48.7 Å². The van der Waals surface area contributed by atoms with Crippen LogP contribution >= 0.6 is 0 Å². The molecule has 1 saturated carbocycles. The second kappa shape index (κ2) is 9.25. The average Bonchev–Trinajstić information content (AvgIpc) is 3.15. The molecule has 0 unspecified atom stereocenters. The van der Waals surface area contributed by atoms with Crippen molar-refractivity contribution in [3.63, 3.8) is 0 Å². The van der Waals surface area contributed by atoms with Gasteiger partial charge in [-0.05, 0) is 64.3 Å². The zero-order valence-corrected chi connectivity index (χ0v) is 21.4. The Morgan fingerprint density at radius 1 is 1.08 bits per heavy atom. The zero-order valence-electron chi connectivity index (χ0n) is 21.4. The number of aromatic nitrogens is 1. The number of hydrogen-bond acceptors (Lipinski definition) is 4. The van der Waals surface area contributed by atoms with Crippen LogP contribution < -0.4 is 10.1 Å². The molecule has 0 atom stereocenters. The third kappa shape index (κ3) is 5.04. The van der Waals surface area contributed by atoms with E-state index in [2.05, 4.69) is 10.3 Å². The molecule has 0 bridgehead atoms. The molecule has 38 heavy (non-hydrogen) atoms. The van der Waals surface area contributed by atoms with E-state index in [0.29, 0.717) is 29.7 Å². The lowest BCUT2D eigenvalue weighted by Gasteiger charge is -2.43. The minimum atomic E-state index is -4.48. The predicted molar refractivity (Wildman–Crippen MR) is 136 cm³/mol. The van der Waals surface area contributed by atoms with Gasteiger partial charge in [-0.25, -0.2) is 4.79 Å². The second-order valence-electron chi connectivity index (χ2n) is 11.0. The lowest BCUT2D eigenvalue weighted by molar-refractivity contribution is -0.141. The maximum Gasteiger partial charge on any atom is 0.416 e. The molecule has 2 aliphatic rings. The van der Waals surface area contributed by atoms with Crippen LogP contribution in [0.1, 0.15) is 51.2 Å². The fraction of sp³-hybridized carbons (Fsp3) is 0.429. The van der Waals surface area contributed by atoms with Gasteiger partial charge in [-0.2, -0.15) is 13.2 Å². The summed E-state index contributed by atoms with van der Waals surface area (Å²) in [6.45, 7) is 5.88. The van der Waals surface area contributed by atoms with Crippen molar-refractivity contribution in [1.82, 2.24) is 9.88 Å². The molecule has 2 amide bonds. The summed E-state index contributed by atoms with van der Waals surface area (Å²) in [6, 6.07) is 10.8. The van der Waals surface area contributed by atoms with E-state index in [1.165, 1.54) is 17.0 Å². The molecular formula is C28H30F3N3O4. The van der Waals surface area contributed by atoms with Gasteiger partial charge in [0.2, 0.25) is 5.91 Å². The van der Waals surface area contributed by atoms with Gasteiger partial charge in [0.1, 0.15) is 17.0 Å². The van der Waals surface area contributed by atoms with E-state index in [1.54, 1.807) is 51.2 Å². The van der Waals surface area contributed by atoms with Crippen molar-refractivity contribution in [2.75, 3.05) is 18.4 Å². The Hall–Kier alpha value is -3.69. The van der Waals surface area contributed by atoms with Crippen LogP contribution in [0.3, 0.4) is 0 Å². The number of carbonyl (C=O) groups is 2. The van der Waals surface area contributed by atoms with Crippen LogP contribution in [-0.4, -0.2) is 40.6 Å². The molecule has 1 aliphatic carbocycles. The van der Waals surface area contributed by atoms with Gasteiger partial charge in [-0.1, -0.05) is 18.2 Å². The van der Waals surface area contributed by atoms with Crippen LogP contribution in [0.4, 0.5) is 23.7 Å².